The fraction of sp³-hybridized carbons (Fsp3) is 0.316. The minimum atomic E-state index is -0.228. The average Bonchev–Trinajstić information content (AvgIpc) is 3.02. The molecule has 1 fully saturated rings. The van der Waals surface area contributed by atoms with Crippen molar-refractivity contribution in [3.05, 3.63) is 69.7 Å². The molecule has 2 aromatic rings. The van der Waals surface area contributed by atoms with E-state index in [2.05, 4.69) is 41.1 Å². The molecule has 1 aliphatic rings. The fourth-order valence-electron chi connectivity index (χ4n) is 3.09. The normalized spacial score (nSPS) is 17.3. The first-order chi connectivity index (χ1) is 11.1. The van der Waals surface area contributed by atoms with Crippen LogP contribution in [0.15, 0.2) is 53.0 Å². The van der Waals surface area contributed by atoms with E-state index in [9.17, 15) is 4.79 Å². The highest BCUT2D eigenvalue weighted by Crippen LogP contribution is 2.34. The second kappa shape index (κ2) is 7.18. The first-order valence-corrected chi connectivity index (χ1v) is 8.67. The van der Waals surface area contributed by atoms with Crippen molar-refractivity contribution < 1.29 is 9.53 Å². The van der Waals surface area contributed by atoms with E-state index < -0.39 is 0 Å². The third-order valence-electron chi connectivity index (χ3n) is 4.14. The Morgan fingerprint density at radius 1 is 1.26 bits per heavy atom. The van der Waals surface area contributed by atoms with E-state index in [0.29, 0.717) is 6.61 Å². The molecule has 0 aliphatic carbocycles. The van der Waals surface area contributed by atoms with Crippen LogP contribution in [0.1, 0.15) is 35.6 Å². The van der Waals surface area contributed by atoms with Crippen LogP contribution in [0.25, 0.3) is 0 Å². The number of likely N-dealkylation sites (tertiary alicyclic amines) is 1. The quantitative estimate of drug-likeness (QED) is 0.736. The Morgan fingerprint density at radius 2 is 2.04 bits per heavy atom. The molecule has 1 saturated heterocycles. The Balaban J connectivity index is 1.69. The Morgan fingerprint density at radius 3 is 2.78 bits per heavy atom. The molecule has 1 amide bonds. The number of amides is 1. The smallest absolute Gasteiger partial charge is 0.410 e. The number of aryl methyl sites for hydroxylation is 1. The lowest BCUT2D eigenvalue weighted by molar-refractivity contribution is 0.0920. The van der Waals surface area contributed by atoms with E-state index in [1.807, 2.05) is 35.2 Å². The molecule has 2 aromatic carbocycles. The first kappa shape index (κ1) is 16.1. The highest BCUT2D eigenvalue weighted by molar-refractivity contribution is 9.10. The number of nitrogens with zero attached hydrogens (tertiary/aromatic N) is 1. The maximum Gasteiger partial charge on any atom is 0.410 e. The molecule has 0 N–H and O–H groups in total. The summed E-state index contributed by atoms with van der Waals surface area (Å²) in [5.41, 5.74) is 3.37. The Labute approximate surface area is 145 Å². The summed E-state index contributed by atoms with van der Waals surface area (Å²) in [6.07, 6.45) is 1.77. The number of benzene rings is 2. The van der Waals surface area contributed by atoms with Crippen molar-refractivity contribution >= 4 is 22.0 Å². The van der Waals surface area contributed by atoms with Crippen molar-refractivity contribution in [2.24, 2.45) is 0 Å². The van der Waals surface area contributed by atoms with Crippen LogP contribution in [-0.2, 0) is 11.3 Å². The average molecular weight is 374 g/mol. The lowest BCUT2D eigenvalue weighted by Crippen LogP contribution is -2.31. The van der Waals surface area contributed by atoms with Gasteiger partial charge in [-0.3, -0.25) is 0 Å². The number of rotatable bonds is 3. The summed E-state index contributed by atoms with van der Waals surface area (Å²) in [4.78, 5) is 14.3. The van der Waals surface area contributed by atoms with Gasteiger partial charge in [-0.05, 0) is 48.6 Å². The molecule has 4 heteroatoms. The maximum absolute atomic E-state index is 12.5. The second-order valence-electron chi connectivity index (χ2n) is 5.95. The Kier molecular flexibility index (Phi) is 5.01. The molecule has 23 heavy (non-hydrogen) atoms. The lowest BCUT2D eigenvalue weighted by Gasteiger charge is -2.25. The van der Waals surface area contributed by atoms with Crippen LogP contribution in [0.5, 0.6) is 0 Å². The zero-order valence-electron chi connectivity index (χ0n) is 13.2. The predicted molar refractivity (Wildman–Crippen MR) is 94.2 cm³/mol. The van der Waals surface area contributed by atoms with E-state index >= 15 is 0 Å². The fourth-order valence-corrected chi connectivity index (χ4v) is 3.72. The minimum absolute atomic E-state index is 0.106. The Bertz CT molecular complexity index is 667. The van der Waals surface area contributed by atoms with Crippen LogP contribution in [-0.4, -0.2) is 17.5 Å². The van der Waals surface area contributed by atoms with Gasteiger partial charge in [0, 0.05) is 11.0 Å². The molecule has 1 heterocycles. The highest BCUT2D eigenvalue weighted by Gasteiger charge is 2.31. The van der Waals surface area contributed by atoms with Gasteiger partial charge in [0.2, 0.25) is 0 Å². The third kappa shape index (κ3) is 3.94. The second-order valence-corrected chi connectivity index (χ2v) is 6.87. The maximum atomic E-state index is 12.5. The summed E-state index contributed by atoms with van der Waals surface area (Å²) >= 11 is 3.54. The van der Waals surface area contributed by atoms with Crippen molar-refractivity contribution in [2.75, 3.05) is 6.54 Å². The van der Waals surface area contributed by atoms with Gasteiger partial charge in [-0.1, -0.05) is 52.3 Å². The van der Waals surface area contributed by atoms with Crippen molar-refractivity contribution in [2.45, 2.75) is 32.4 Å². The summed E-state index contributed by atoms with van der Waals surface area (Å²) in [6, 6.07) is 16.2. The standard InChI is InChI=1S/C19H20BrNO2/c1-14-10-16(12-17(20)11-14)18-8-5-9-21(18)19(22)23-13-15-6-3-2-4-7-15/h2-4,6-7,10-12,18H,5,8-9,13H2,1H3. The first-order valence-electron chi connectivity index (χ1n) is 7.88. The summed E-state index contributed by atoms with van der Waals surface area (Å²) in [5, 5.41) is 0. The van der Waals surface area contributed by atoms with E-state index in [1.54, 1.807) is 0 Å². The number of halogens is 1. The molecule has 0 radical (unpaired) electrons. The van der Waals surface area contributed by atoms with E-state index in [1.165, 1.54) is 11.1 Å². The van der Waals surface area contributed by atoms with Crippen molar-refractivity contribution in [1.82, 2.24) is 4.90 Å². The van der Waals surface area contributed by atoms with Gasteiger partial charge in [0.25, 0.3) is 0 Å². The van der Waals surface area contributed by atoms with Gasteiger partial charge in [0.05, 0.1) is 6.04 Å². The molecule has 0 spiro atoms. The highest BCUT2D eigenvalue weighted by atomic mass is 79.9. The molecule has 3 rings (SSSR count). The SMILES string of the molecule is Cc1cc(Br)cc(C2CCCN2C(=O)OCc2ccccc2)c1. The van der Waals surface area contributed by atoms with Gasteiger partial charge in [-0.25, -0.2) is 4.79 Å². The zero-order valence-corrected chi connectivity index (χ0v) is 14.8. The van der Waals surface area contributed by atoms with Gasteiger partial charge < -0.3 is 9.64 Å². The van der Waals surface area contributed by atoms with Crippen LogP contribution < -0.4 is 0 Å². The number of ether oxygens (including phenoxy) is 1. The molecule has 0 bridgehead atoms. The number of hydrogen-bond acceptors (Lipinski definition) is 2. The molecule has 1 atom stereocenters. The summed E-state index contributed by atoms with van der Waals surface area (Å²) in [6.45, 7) is 3.14. The molecular weight excluding hydrogens is 354 g/mol. The van der Waals surface area contributed by atoms with Crippen molar-refractivity contribution in [1.29, 1.82) is 0 Å². The summed E-state index contributed by atoms with van der Waals surface area (Å²) in [5.74, 6) is 0. The van der Waals surface area contributed by atoms with Gasteiger partial charge in [-0.2, -0.15) is 0 Å². The molecule has 3 nitrogen and oxygen atoms in total. The van der Waals surface area contributed by atoms with Crippen LogP contribution in [0, 0.1) is 6.92 Å². The summed E-state index contributed by atoms with van der Waals surface area (Å²) < 4.78 is 6.55. The van der Waals surface area contributed by atoms with Crippen LogP contribution in [0.4, 0.5) is 4.79 Å². The molecular formula is C19H20BrNO2. The topological polar surface area (TPSA) is 29.5 Å². The van der Waals surface area contributed by atoms with E-state index in [0.717, 1.165) is 29.4 Å². The molecule has 0 saturated carbocycles. The van der Waals surface area contributed by atoms with Crippen LogP contribution in [0.3, 0.4) is 0 Å². The number of carbonyl (C=O) groups excluding carboxylic acids is 1. The summed E-state index contributed by atoms with van der Waals surface area (Å²) in [7, 11) is 0. The monoisotopic (exact) mass is 373 g/mol. The Hall–Kier alpha value is -1.81. The van der Waals surface area contributed by atoms with Gasteiger partial charge in [0.15, 0.2) is 0 Å². The molecule has 0 aromatic heterocycles. The van der Waals surface area contributed by atoms with Crippen molar-refractivity contribution in [3.8, 4) is 0 Å². The minimum Gasteiger partial charge on any atom is -0.445 e. The molecule has 120 valence electrons. The van der Waals surface area contributed by atoms with Crippen LogP contribution >= 0.6 is 15.9 Å². The molecule has 1 unspecified atom stereocenters. The van der Waals surface area contributed by atoms with Gasteiger partial charge in [-0.15, -0.1) is 0 Å². The molecule has 1 aliphatic heterocycles. The lowest BCUT2D eigenvalue weighted by atomic mass is 10.0. The van der Waals surface area contributed by atoms with Crippen molar-refractivity contribution in [3.63, 3.8) is 0 Å². The van der Waals surface area contributed by atoms with E-state index in [4.69, 9.17) is 4.74 Å². The number of hydrogen-bond donors (Lipinski definition) is 0. The number of carbonyl (C=O) groups is 1. The van der Waals surface area contributed by atoms with Gasteiger partial charge in [0.1, 0.15) is 6.61 Å². The van der Waals surface area contributed by atoms with E-state index in [-0.39, 0.29) is 12.1 Å². The van der Waals surface area contributed by atoms with Crippen LogP contribution in [0.2, 0.25) is 0 Å². The zero-order chi connectivity index (χ0) is 16.2. The largest absolute Gasteiger partial charge is 0.445 e. The van der Waals surface area contributed by atoms with Gasteiger partial charge >= 0.3 is 6.09 Å². The predicted octanol–water partition coefficient (Wildman–Crippen LogP) is 5.23. The third-order valence-corrected chi connectivity index (χ3v) is 4.60.